The first-order valence-electron chi connectivity index (χ1n) is 8.91. The number of rotatable bonds is 6. The van der Waals surface area contributed by atoms with E-state index in [1.165, 1.54) is 0 Å². The first kappa shape index (κ1) is 18.4. The highest BCUT2D eigenvalue weighted by Crippen LogP contribution is 2.38. The van der Waals surface area contributed by atoms with Gasteiger partial charge in [0.05, 0.1) is 24.9 Å². The van der Waals surface area contributed by atoms with Gasteiger partial charge >= 0.3 is 0 Å². The predicted octanol–water partition coefficient (Wildman–Crippen LogP) is 2.19. The second-order valence-electron chi connectivity index (χ2n) is 7.20. The van der Waals surface area contributed by atoms with Crippen molar-refractivity contribution in [2.24, 2.45) is 13.0 Å². The van der Waals surface area contributed by atoms with Crippen LogP contribution in [0.1, 0.15) is 60.4 Å². The molecule has 26 heavy (non-hydrogen) atoms. The van der Waals surface area contributed by atoms with E-state index in [1.807, 2.05) is 26.0 Å². The molecule has 2 aromatic heterocycles. The van der Waals surface area contributed by atoms with E-state index in [0.717, 1.165) is 11.3 Å². The van der Waals surface area contributed by atoms with Crippen molar-refractivity contribution in [3.8, 4) is 5.88 Å². The fourth-order valence-corrected chi connectivity index (χ4v) is 3.27. The number of amides is 1. The Balaban J connectivity index is 1.82. The molecule has 7 heteroatoms. The van der Waals surface area contributed by atoms with E-state index in [4.69, 9.17) is 4.74 Å². The van der Waals surface area contributed by atoms with Crippen molar-refractivity contribution >= 4 is 5.91 Å². The molecule has 140 valence electrons. The summed E-state index contributed by atoms with van der Waals surface area (Å²) >= 11 is 0. The number of nitrogens with zero attached hydrogens (tertiary/aromatic N) is 3. The minimum absolute atomic E-state index is 0.172. The van der Waals surface area contributed by atoms with Crippen LogP contribution in [0.25, 0.3) is 0 Å². The highest BCUT2D eigenvalue weighted by molar-refractivity contribution is 5.93. The first-order valence-corrected chi connectivity index (χ1v) is 8.91. The molecule has 0 unspecified atom stereocenters. The summed E-state index contributed by atoms with van der Waals surface area (Å²) in [7, 11) is 3.34. The van der Waals surface area contributed by atoms with Gasteiger partial charge in [-0.3, -0.25) is 9.48 Å². The van der Waals surface area contributed by atoms with Crippen LogP contribution in [0.4, 0.5) is 0 Å². The molecule has 1 saturated carbocycles. The molecule has 1 fully saturated rings. The number of aliphatic hydroxyl groups is 1. The average Bonchev–Trinajstić information content (AvgIpc) is 2.99. The molecule has 1 aliphatic carbocycles. The molecule has 1 aliphatic rings. The zero-order valence-corrected chi connectivity index (χ0v) is 15.6. The maximum absolute atomic E-state index is 12.9. The van der Waals surface area contributed by atoms with Crippen LogP contribution in [0.5, 0.6) is 5.88 Å². The number of methoxy groups -OCH3 is 1. The van der Waals surface area contributed by atoms with Gasteiger partial charge in [-0.25, -0.2) is 4.98 Å². The van der Waals surface area contributed by atoms with Crippen molar-refractivity contribution in [3.05, 3.63) is 41.3 Å². The van der Waals surface area contributed by atoms with Crippen LogP contribution < -0.4 is 10.1 Å². The molecule has 1 atom stereocenters. The van der Waals surface area contributed by atoms with E-state index in [2.05, 4.69) is 15.4 Å². The number of aromatic nitrogens is 3. The summed E-state index contributed by atoms with van der Waals surface area (Å²) < 4.78 is 6.72. The van der Waals surface area contributed by atoms with Crippen LogP contribution >= 0.6 is 0 Å². The van der Waals surface area contributed by atoms with Gasteiger partial charge in [0.1, 0.15) is 5.69 Å². The van der Waals surface area contributed by atoms with E-state index >= 15 is 0 Å². The Morgan fingerprint density at radius 1 is 1.38 bits per heavy atom. The molecule has 0 aliphatic heterocycles. The highest BCUT2D eigenvalue weighted by Gasteiger charge is 2.36. The number of hydrogen-bond acceptors (Lipinski definition) is 5. The van der Waals surface area contributed by atoms with E-state index in [1.54, 1.807) is 31.1 Å². The zero-order chi connectivity index (χ0) is 18.8. The third kappa shape index (κ3) is 3.72. The molecule has 3 rings (SSSR count). The monoisotopic (exact) mass is 358 g/mol. The molecular weight excluding hydrogens is 332 g/mol. The van der Waals surface area contributed by atoms with E-state index in [0.29, 0.717) is 24.4 Å². The van der Waals surface area contributed by atoms with Gasteiger partial charge in [-0.1, -0.05) is 19.9 Å². The van der Waals surface area contributed by atoms with Crippen LogP contribution in [0.3, 0.4) is 0 Å². The highest BCUT2D eigenvalue weighted by atomic mass is 16.5. The summed E-state index contributed by atoms with van der Waals surface area (Å²) in [5.41, 5.74) is 2.32. The van der Waals surface area contributed by atoms with Gasteiger partial charge in [-0.05, 0) is 36.3 Å². The summed E-state index contributed by atoms with van der Waals surface area (Å²) in [6.45, 7) is 4.09. The lowest BCUT2D eigenvalue weighted by Crippen LogP contribution is -2.41. The number of ether oxygens (including phenoxy) is 1. The van der Waals surface area contributed by atoms with E-state index in [-0.39, 0.29) is 29.9 Å². The topological polar surface area (TPSA) is 89.3 Å². The van der Waals surface area contributed by atoms with Crippen LogP contribution in [0, 0.1) is 5.92 Å². The van der Waals surface area contributed by atoms with Crippen LogP contribution in [0.2, 0.25) is 0 Å². The third-order valence-corrected chi connectivity index (χ3v) is 4.96. The average molecular weight is 358 g/mol. The molecule has 0 spiro atoms. The zero-order valence-electron chi connectivity index (χ0n) is 15.6. The predicted molar refractivity (Wildman–Crippen MR) is 97.0 cm³/mol. The molecule has 0 aromatic carbocycles. The number of pyridine rings is 1. The number of nitrogens with one attached hydrogen (secondary N) is 1. The van der Waals surface area contributed by atoms with E-state index < -0.39 is 0 Å². The van der Waals surface area contributed by atoms with Gasteiger partial charge in [0, 0.05) is 19.3 Å². The van der Waals surface area contributed by atoms with Gasteiger partial charge in [0.15, 0.2) is 0 Å². The summed E-state index contributed by atoms with van der Waals surface area (Å²) in [6.07, 6.45) is 2.76. The van der Waals surface area contributed by atoms with Gasteiger partial charge in [0.25, 0.3) is 5.91 Å². The molecule has 2 aromatic rings. The second kappa shape index (κ2) is 7.45. The van der Waals surface area contributed by atoms with Crippen molar-refractivity contribution in [2.75, 3.05) is 7.11 Å². The Labute approximate surface area is 153 Å². The van der Waals surface area contributed by atoms with Crippen LogP contribution in [-0.4, -0.2) is 39.0 Å². The summed E-state index contributed by atoms with van der Waals surface area (Å²) in [5, 5.41) is 17.2. The molecule has 0 bridgehead atoms. The largest absolute Gasteiger partial charge is 0.481 e. The van der Waals surface area contributed by atoms with Crippen molar-refractivity contribution in [3.63, 3.8) is 0 Å². The van der Waals surface area contributed by atoms with Crippen molar-refractivity contribution < 1.29 is 14.6 Å². The SMILES string of the molecule is COc1ccc([C@@H](NC(=O)c2cc(C(C)C)nn2C)C2CC(O)C2)cn1. The maximum atomic E-state index is 12.9. The number of carbonyl (C=O) groups excluding carboxylic acids is 1. The van der Waals surface area contributed by atoms with Crippen molar-refractivity contribution in [1.82, 2.24) is 20.1 Å². The smallest absolute Gasteiger partial charge is 0.270 e. The minimum Gasteiger partial charge on any atom is -0.481 e. The first-order chi connectivity index (χ1) is 12.4. The Morgan fingerprint density at radius 2 is 2.12 bits per heavy atom. The number of carbonyl (C=O) groups is 1. The molecule has 1 amide bonds. The van der Waals surface area contributed by atoms with Gasteiger partial charge in [0.2, 0.25) is 5.88 Å². The second-order valence-corrected chi connectivity index (χ2v) is 7.20. The lowest BCUT2D eigenvalue weighted by molar-refractivity contribution is 0.0233. The van der Waals surface area contributed by atoms with Gasteiger partial charge < -0.3 is 15.2 Å². The Hall–Kier alpha value is -2.41. The van der Waals surface area contributed by atoms with Crippen LogP contribution in [0.15, 0.2) is 24.4 Å². The lowest BCUT2D eigenvalue weighted by Gasteiger charge is -2.38. The van der Waals surface area contributed by atoms with E-state index in [9.17, 15) is 9.90 Å². The summed E-state index contributed by atoms with van der Waals surface area (Å²) in [6, 6.07) is 5.31. The number of hydrogen-bond donors (Lipinski definition) is 2. The molecule has 2 heterocycles. The molecular formula is C19H26N4O3. The number of aryl methyl sites for hydroxylation is 1. The molecule has 0 saturated heterocycles. The fourth-order valence-electron chi connectivity index (χ4n) is 3.27. The van der Waals surface area contributed by atoms with Crippen LogP contribution in [-0.2, 0) is 7.05 Å². The standard InChI is InChI=1S/C19H26N4O3/c1-11(2)15-9-16(23(3)22-15)19(25)21-18(13-7-14(24)8-13)12-5-6-17(26-4)20-10-12/h5-6,9-11,13-14,18,24H,7-8H2,1-4H3,(H,21,25)/t13?,14?,18-/m1/s1. The van der Waals surface area contributed by atoms with Gasteiger partial charge in [-0.15, -0.1) is 0 Å². The molecule has 0 radical (unpaired) electrons. The van der Waals surface area contributed by atoms with Crippen molar-refractivity contribution in [2.45, 2.75) is 44.8 Å². The third-order valence-electron chi connectivity index (χ3n) is 4.96. The Bertz CT molecular complexity index is 764. The summed E-state index contributed by atoms with van der Waals surface area (Å²) in [5.74, 6) is 0.794. The molecule has 2 N–H and O–H groups in total. The minimum atomic E-state index is -0.296. The molecule has 7 nitrogen and oxygen atoms in total. The summed E-state index contributed by atoms with van der Waals surface area (Å²) in [4.78, 5) is 17.1. The van der Waals surface area contributed by atoms with Gasteiger partial charge in [-0.2, -0.15) is 5.10 Å². The Morgan fingerprint density at radius 3 is 2.62 bits per heavy atom. The lowest BCUT2D eigenvalue weighted by atomic mass is 9.75. The fraction of sp³-hybridized carbons (Fsp3) is 0.526. The quantitative estimate of drug-likeness (QED) is 0.826. The number of aliphatic hydroxyl groups excluding tert-OH is 1. The van der Waals surface area contributed by atoms with Crippen molar-refractivity contribution in [1.29, 1.82) is 0 Å². The Kier molecular flexibility index (Phi) is 5.27. The maximum Gasteiger partial charge on any atom is 0.270 e. The normalized spacial score (nSPS) is 20.5.